The Morgan fingerprint density at radius 2 is 1.53 bits per heavy atom. The maximum Gasteiger partial charge on any atom is 0.264 e. The van der Waals surface area contributed by atoms with Gasteiger partial charge in [-0.05, 0) is 28.8 Å². The molecule has 3 aromatic heterocycles. The average molecular weight is 489 g/mol. The van der Waals surface area contributed by atoms with Gasteiger partial charge in [-0.3, -0.25) is 0 Å². The molecule has 184 valence electrons. The summed E-state index contributed by atoms with van der Waals surface area (Å²) in [7, 11) is 3.08. The third-order valence-corrected chi connectivity index (χ3v) is 5.54. The SMILES string of the molecule is COCOc1nnc(OCOC)c2c1nc(C)n2Cc1ccc(-c2ccccc2-c2nn[nH]n2)cc1. The first kappa shape index (κ1) is 23.3. The molecular weight excluding hydrogens is 464 g/mol. The Kier molecular flexibility index (Phi) is 6.78. The molecule has 0 fully saturated rings. The molecule has 36 heavy (non-hydrogen) atoms. The fourth-order valence-electron chi connectivity index (χ4n) is 3.91. The average Bonchev–Trinajstić information content (AvgIpc) is 3.56. The van der Waals surface area contributed by atoms with Gasteiger partial charge in [-0.15, -0.1) is 20.4 Å². The van der Waals surface area contributed by atoms with Crippen LogP contribution in [0.3, 0.4) is 0 Å². The predicted octanol–water partition coefficient (Wildman–Crippen LogP) is 3.00. The number of ether oxygens (including phenoxy) is 4. The van der Waals surface area contributed by atoms with Gasteiger partial charge >= 0.3 is 0 Å². The minimum Gasteiger partial charge on any atom is -0.448 e. The van der Waals surface area contributed by atoms with Crippen LogP contribution >= 0.6 is 0 Å². The van der Waals surface area contributed by atoms with Gasteiger partial charge in [-0.1, -0.05) is 48.5 Å². The number of fused-ring (bicyclic) bond motifs is 1. The van der Waals surface area contributed by atoms with Crippen molar-refractivity contribution in [2.45, 2.75) is 13.5 Å². The molecule has 0 unspecified atom stereocenters. The summed E-state index contributed by atoms with van der Waals surface area (Å²) in [6.07, 6.45) is 0. The highest BCUT2D eigenvalue weighted by Gasteiger charge is 2.21. The standard InChI is InChI=1S/C24H24N8O4/c1-15-25-20-21(24(36-14-34-3)29-28-23(20)35-13-33-2)32(15)12-16-8-10-17(11-9-16)18-6-4-5-7-19(18)22-26-30-31-27-22/h4-11H,12-14H2,1-3H3,(H,26,27,30,31). The summed E-state index contributed by atoms with van der Waals surface area (Å²) in [5.74, 6) is 1.89. The third-order valence-electron chi connectivity index (χ3n) is 5.54. The Morgan fingerprint density at radius 3 is 2.22 bits per heavy atom. The van der Waals surface area contributed by atoms with Gasteiger partial charge in [0.2, 0.25) is 5.82 Å². The summed E-state index contributed by atoms with van der Waals surface area (Å²) >= 11 is 0. The molecule has 5 aromatic rings. The molecule has 0 aliphatic carbocycles. The van der Waals surface area contributed by atoms with Crippen LogP contribution in [0.25, 0.3) is 33.5 Å². The van der Waals surface area contributed by atoms with Crippen molar-refractivity contribution in [3.05, 3.63) is 59.9 Å². The number of benzene rings is 2. The molecule has 0 spiro atoms. The summed E-state index contributed by atoms with van der Waals surface area (Å²) < 4.78 is 23.3. The first-order valence-corrected chi connectivity index (χ1v) is 11.1. The van der Waals surface area contributed by atoms with Crippen LogP contribution in [0.2, 0.25) is 0 Å². The number of rotatable bonds is 10. The van der Waals surface area contributed by atoms with E-state index < -0.39 is 0 Å². The number of imidazole rings is 1. The largest absolute Gasteiger partial charge is 0.448 e. The lowest BCUT2D eigenvalue weighted by Crippen LogP contribution is -2.08. The van der Waals surface area contributed by atoms with Crippen LogP contribution in [0, 0.1) is 6.92 Å². The van der Waals surface area contributed by atoms with E-state index >= 15 is 0 Å². The van der Waals surface area contributed by atoms with Gasteiger partial charge in [0.05, 0.1) is 0 Å². The second-order valence-electron chi connectivity index (χ2n) is 7.83. The van der Waals surface area contributed by atoms with Crippen molar-refractivity contribution in [1.82, 2.24) is 40.4 Å². The Labute approximate surface area is 206 Å². The van der Waals surface area contributed by atoms with E-state index in [9.17, 15) is 0 Å². The van der Waals surface area contributed by atoms with Gasteiger partial charge < -0.3 is 23.5 Å². The molecular formula is C24H24N8O4. The minimum absolute atomic E-state index is 0.0285. The van der Waals surface area contributed by atoms with Crippen LogP contribution in [-0.4, -0.2) is 68.2 Å². The van der Waals surface area contributed by atoms with Crippen molar-refractivity contribution in [1.29, 1.82) is 0 Å². The maximum absolute atomic E-state index is 5.68. The predicted molar refractivity (Wildman–Crippen MR) is 129 cm³/mol. The van der Waals surface area contributed by atoms with Gasteiger partial charge in [0.25, 0.3) is 11.8 Å². The lowest BCUT2D eigenvalue weighted by atomic mass is 9.98. The highest BCUT2D eigenvalue weighted by molar-refractivity contribution is 5.85. The number of aromatic amines is 1. The first-order chi connectivity index (χ1) is 17.7. The van der Waals surface area contributed by atoms with Gasteiger partial charge in [-0.25, -0.2) is 4.98 Å². The highest BCUT2D eigenvalue weighted by Crippen LogP contribution is 2.32. The van der Waals surface area contributed by atoms with E-state index in [0.29, 0.717) is 29.3 Å². The monoisotopic (exact) mass is 488 g/mol. The second-order valence-corrected chi connectivity index (χ2v) is 7.83. The Hall–Kier alpha value is -4.42. The molecule has 0 radical (unpaired) electrons. The molecule has 0 aliphatic rings. The summed E-state index contributed by atoms with van der Waals surface area (Å²) in [4.78, 5) is 4.67. The molecule has 0 amide bonds. The van der Waals surface area contributed by atoms with Crippen LogP contribution in [0.5, 0.6) is 11.8 Å². The fraction of sp³-hybridized carbons (Fsp3) is 0.250. The summed E-state index contributed by atoms with van der Waals surface area (Å²) in [5, 5.41) is 22.7. The van der Waals surface area contributed by atoms with Crippen LogP contribution < -0.4 is 9.47 Å². The Bertz CT molecular complexity index is 1450. The maximum atomic E-state index is 5.68. The van der Waals surface area contributed by atoms with Crippen molar-refractivity contribution in [3.8, 4) is 34.3 Å². The lowest BCUT2D eigenvalue weighted by molar-refractivity contribution is 0.0435. The molecule has 0 atom stereocenters. The summed E-state index contributed by atoms with van der Waals surface area (Å²) in [6.45, 7) is 2.51. The summed E-state index contributed by atoms with van der Waals surface area (Å²) in [6, 6.07) is 16.2. The van der Waals surface area contributed by atoms with Crippen LogP contribution in [-0.2, 0) is 16.0 Å². The first-order valence-electron chi connectivity index (χ1n) is 11.1. The van der Waals surface area contributed by atoms with Crippen LogP contribution in [0.15, 0.2) is 48.5 Å². The zero-order valence-electron chi connectivity index (χ0n) is 20.0. The van der Waals surface area contributed by atoms with Gasteiger partial charge in [0.1, 0.15) is 11.3 Å². The van der Waals surface area contributed by atoms with E-state index in [1.165, 1.54) is 7.11 Å². The number of methoxy groups -OCH3 is 2. The molecule has 0 bridgehead atoms. The molecule has 3 heterocycles. The number of nitrogens with one attached hydrogen (secondary N) is 1. The lowest BCUT2D eigenvalue weighted by Gasteiger charge is -2.12. The molecule has 12 nitrogen and oxygen atoms in total. The third kappa shape index (κ3) is 4.59. The van der Waals surface area contributed by atoms with Crippen LogP contribution in [0.1, 0.15) is 11.4 Å². The van der Waals surface area contributed by atoms with E-state index in [2.05, 4.69) is 60.1 Å². The second kappa shape index (κ2) is 10.5. The van der Waals surface area contributed by atoms with E-state index in [1.54, 1.807) is 7.11 Å². The topological polar surface area (TPSA) is 135 Å². The van der Waals surface area contributed by atoms with E-state index in [4.69, 9.17) is 18.9 Å². The van der Waals surface area contributed by atoms with Gasteiger partial charge in [-0.2, -0.15) is 5.21 Å². The number of H-pyrrole nitrogens is 1. The van der Waals surface area contributed by atoms with Crippen molar-refractivity contribution in [2.24, 2.45) is 0 Å². The highest BCUT2D eigenvalue weighted by atomic mass is 16.7. The van der Waals surface area contributed by atoms with Crippen LogP contribution in [0.4, 0.5) is 0 Å². The van der Waals surface area contributed by atoms with E-state index in [1.807, 2.05) is 35.8 Å². The molecule has 0 saturated heterocycles. The van der Waals surface area contributed by atoms with Crippen molar-refractivity contribution in [3.63, 3.8) is 0 Å². The van der Waals surface area contributed by atoms with Gasteiger partial charge in [0, 0.05) is 26.3 Å². The van der Waals surface area contributed by atoms with E-state index in [0.717, 1.165) is 28.1 Å². The van der Waals surface area contributed by atoms with Crippen molar-refractivity contribution in [2.75, 3.05) is 27.8 Å². The normalized spacial score (nSPS) is 11.2. The van der Waals surface area contributed by atoms with E-state index in [-0.39, 0.29) is 19.5 Å². The summed E-state index contributed by atoms with van der Waals surface area (Å²) in [5.41, 5.74) is 5.22. The molecule has 12 heteroatoms. The van der Waals surface area contributed by atoms with Gasteiger partial charge in [0.15, 0.2) is 19.1 Å². The fourth-order valence-corrected chi connectivity index (χ4v) is 3.91. The number of aryl methyl sites for hydroxylation is 1. The molecule has 2 aromatic carbocycles. The Balaban J connectivity index is 1.49. The molecule has 5 rings (SSSR count). The zero-order valence-corrected chi connectivity index (χ0v) is 20.0. The number of nitrogens with zero attached hydrogens (tertiary/aromatic N) is 7. The number of hydrogen-bond donors (Lipinski definition) is 1. The molecule has 0 saturated carbocycles. The quantitative estimate of drug-likeness (QED) is 0.292. The van der Waals surface area contributed by atoms with Crippen molar-refractivity contribution < 1.29 is 18.9 Å². The number of tetrazole rings is 1. The molecule has 0 aliphatic heterocycles. The minimum atomic E-state index is 0.0285. The Morgan fingerprint density at radius 1 is 0.833 bits per heavy atom. The van der Waals surface area contributed by atoms with Crippen molar-refractivity contribution >= 4 is 11.0 Å². The smallest absolute Gasteiger partial charge is 0.264 e. The molecule has 1 N–H and O–H groups in total. The number of hydrogen-bond acceptors (Lipinski definition) is 10. The zero-order chi connectivity index (χ0) is 24.9. The number of aromatic nitrogens is 8.